The molecule has 0 spiro atoms. The van der Waals surface area contributed by atoms with E-state index in [0.29, 0.717) is 19.5 Å². The molecule has 0 amide bonds. The fourth-order valence-corrected chi connectivity index (χ4v) is 0.846. The monoisotopic (exact) mass is 176 g/mol. The second-order valence-electron chi connectivity index (χ2n) is 2.74. The fraction of sp³-hybridized carbons (Fsp3) is 1.00. The molecule has 6 heteroatoms. The van der Waals surface area contributed by atoms with Crippen molar-refractivity contribution in [1.29, 1.82) is 0 Å². The molecule has 0 saturated carbocycles. The zero-order valence-corrected chi connectivity index (χ0v) is 7.47. The lowest BCUT2D eigenvalue weighted by atomic mass is 10.3. The van der Waals surface area contributed by atoms with Crippen molar-refractivity contribution >= 4 is 0 Å². The standard InChI is InChI=1S/C6H16N4O2/c1-6(2)9(5-3-4-7)10(12)8-11/h6,11H,3-5,7H2,1-2H3/b10-8+. The molecule has 0 unspecified atom stereocenters. The summed E-state index contributed by atoms with van der Waals surface area (Å²) in [5, 5.41) is 23.0. The van der Waals surface area contributed by atoms with Crippen molar-refractivity contribution in [3.63, 3.8) is 0 Å². The molecule has 0 radical (unpaired) electrons. The summed E-state index contributed by atoms with van der Waals surface area (Å²) in [6.07, 6.45) is 0.701. The van der Waals surface area contributed by atoms with Crippen molar-refractivity contribution in [2.75, 3.05) is 13.1 Å². The summed E-state index contributed by atoms with van der Waals surface area (Å²) in [6.45, 7) is 4.70. The van der Waals surface area contributed by atoms with Gasteiger partial charge in [-0.2, -0.15) is 0 Å². The minimum Gasteiger partial charge on any atom is -0.569 e. The topological polar surface area (TPSA) is 87.9 Å². The second-order valence-corrected chi connectivity index (χ2v) is 2.74. The van der Waals surface area contributed by atoms with Crippen LogP contribution in [-0.2, 0) is 0 Å². The zero-order chi connectivity index (χ0) is 9.56. The van der Waals surface area contributed by atoms with Crippen molar-refractivity contribution in [2.45, 2.75) is 26.3 Å². The van der Waals surface area contributed by atoms with Crippen LogP contribution in [0.3, 0.4) is 0 Å². The molecule has 0 aromatic rings. The van der Waals surface area contributed by atoms with E-state index in [0.717, 1.165) is 0 Å². The first-order valence-corrected chi connectivity index (χ1v) is 3.92. The minimum atomic E-state index is 0.00458. The fourth-order valence-electron chi connectivity index (χ4n) is 0.846. The van der Waals surface area contributed by atoms with E-state index in [1.165, 1.54) is 5.01 Å². The van der Waals surface area contributed by atoms with Gasteiger partial charge in [0.2, 0.25) is 5.28 Å². The highest BCUT2D eigenvalue weighted by atomic mass is 16.6. The highest BCUT2D eigenvalue weighted by Gasteiger charge is 2.15. The first-order valence-electron chi connectivity index (χ1n) is 3.92. The van der Waals surface area contributed by atoms with Crippen LogP contribution in [0.15, 0.2) is 5.28 Å². The molecule has 0 heterocycles. The maximum Gasteiger partial charge on any atom is 0.230 e. The smallest absolute Gasteiger partial charge is 0.230 e. The van der Waals surface area contributed by atoms with Crippen molar-refractivity contribution in [3.05, 3.63) is 5.21 Å². The van der Waals surface area contributed by atoms with E-state index < -0.39 is 0 Å². The maximum atomic E-state index is 10.8. The third-order valence-corrected chi connectivity index (χ3v) is 1.48. The van der Waals surface area contributed by atoms with Gasteiger partial charge in [-0.1, -0.05) is 0 Å². The van der Waals surface area contributed by atoms with Crippen LogP contribution < -0.4 is 5.73 Å². The lowest BCUT2D eigenvalue weighted by Gasteiger charge is -2.20. The molecule has 72 valence electrons. The summed E-state index contributed by atoms with van der Waals surface area (Å²) in [4.78, 5) is 0.181. The zero-order valence-electron chi connectivity index (χ0n) is 7.47. The van der Waals surface area contributed by atoms with Gasteiger partial charge in [0.1, 0.15) is 0 Å². The van der Waals surface area contributed by atoms with Gasteiger partial charge in [-0.3, -0.25) is 0 Å². The van der Waals surface area contributed by atoms with Gasteiger partial charge in [0.15, 0.2) is 0 Å². The van der Waals surface area contributed by atoms with Crippen LogP contribution in [0, 0.1) is 5.21 Å². The molecule has 3 N–H and O–H groups in total. The number of nitrogens with zero attached hydrogens (tertiary/aromatic N) is 3. The summed E-state index contributed by atoms with van der Waals surface area (Å²) < 4.78 is 0. The van der Waals surface area contributed by atoms with Crippen LogP contribution in [0.2, 0.25) is 0 Å². The highest BCUT2D eigenvalue weighted by Crippen LogP contribution is 1.99. The van der Waals surface area contributed by atoms with Crippen LogP contribution in [0.5, 0.6) is 0 Å². The molecule has 12 heavy (non-hydrogen) atoms. The molecule has 0 fully saturated rings. The Morgan fingerprint density at radius 2 is 2.25 bits per heavy atom. The molecule has 0 rings (SSSR count). The normalized spacial score (nSPS) is 12.2. The van der Waals surface area contributed by atoms with Crippen molar-refractivity contribution in [2.24, 2.45) is 11.0 Å². The summed E-state index contributed by atoms with van der Waals surface area (Å²) in [5.41, 5.74) is 5.28. The summed E-state index contributed by atoms with van der Waals surface area (Å²) in [5.74, 6) is 0. The molecule has 0 bridgehead atoms. The first kappa shape index (κ1) is 11.0. The van der Waals surface area contributed by atoms with Gasteiger partial charge in [-0.15, -0.1) is 5.01 Å². The van der Waals surface area contributed by atoms with E-state index in [2.05, 4.69) is 5.28 Å². The average molecular weight is 176 g/mol. The Hall–Kier alpha value is -1.04. The second kappa shape index (κ2) is 5.59. The van der Waals surface area contributed by atoms with Gasteiger partial charge < -0.3 is 16.1 Å². The Morgan fingerprint density at radius 3 is 2.58 bits per heavy atom. The molecule has 0 aliphatic rings. The van der Waals surface area contributed by atoms with Crippen molar-refractivity contribution < 1.29 is 10.2 Å². The lowest BCUT2D eigenvalue weighted by Crippen LogP contribution is -2.38. The molecule has 0 aromatic carbocycles. The predicted molar refractivity (Wildman–Crippen MR) is 43.4 cm³/mol. The highest BCUT2D eigenvalue weighted by molar-refractivity contribution is 4.51. The molecule has 6 nitrogen and oxygen atoms in total. The van der Waals surface area contributed by atoms with Gasteiger partial charge >= 0.3 is 0 Å². The Kier molecular flexibility index (Phi) is 5.11. The predicted octanol–water partition coefficient (Wildman–Crippen LogP) is 0.312. The summed E-state index contributed by atoms with van der Waals surface area (Å²) in [7, 11) is 0. The van der Waals surface area contributed by atoms with Crippen LogP contribution in [0.4, 0.5) is 0 Å². The third kappa shape index (κ3) is 3.38. The maximum absolute atomic E-state index is 10.8. The van der Waals surface area contributed by atoms with Gasteiger partial charge in [-0.05, 0) is 26.8 Å². The molecule has 0 aromatic heterocycles. The van der Waals surface area contributed by atoms with Gasteiger partial charge in [0, 0.05) is 0 Å². The summed E-state index contributed by atoms with van der Waals surface area (Å²) in [6, 6.07) is 0.00458. The van der Waals surface area contributed by atoms with E-state index >= 15 is 0 Å². The van der Waals surface area contributed by atoms with Crippen molar-refractivity contribution in [1.82, 2.24) is 5.01 Å². The molecule has 0 aliphatic heterocycles. The van der Waals surface area contributed by atoms with Crippen LogP contribution in [0.1, 0.15) is 20.3 Å². The number of hydrogen-bond donors (Lipinski definition) is 2. The van der Waals surface area contributed by atoms with Crippen LogP contribution >= 0.6 is 0 Å². The van der Waals surface area contributed by atoms with Crippen LogP contribution in [0.25, 0.3) is 0 Å². The van der Waals surface area contributed by atoms with E-state index in [1.54, 1.807) is 0 Å². The SMILES string of the molecule is CC(C)N(CCCN)/[N+]([O-])=N\O. The Morgan fingerprint density at radius 1 is 1.67 bits per heavy atom. The van der Waals surface area contributed by atoms with E-state index in [-0.39, 0.29) is 11.0 Å². The molecular weight excluding hydrogens is 160 g/mol. The van der Waals surface area contributed by atoms with E-state index in [4.69, 9.17) is 10.9 Å². The largest absolute Gasteiger partial charge is 0.569 e. The number of hydrazine groups is 1. The quantitative estimate of drug-likeness (QED) is 0.358. The van der Waals surface area contributed by atoms with Crippen LogP contribution in [-0.4, -0.2) is 34.3 Å². The van der Waals surface area contributed by atoms with Gasteiger partial charge in [0.05, 0.1) is 17.6 Å². The molecular formula is C6H16N4O2. The first-order chi connectivity index (χ1) is 5.63. The number of rotatable bonds is 5. The van der Waals surface area contributed by atoms with Gasteiger partial charge in [0.25, 0.3) is 0 Å². The number of hydrogen-bond acceptors (Lipinski definition) is 3. The molecule has 0 saturated heterocycles. The third-order valence-electron chi connectivity index (χ3n) is 1.48. The lowest BCUT2D eigenvalue weighted by molar-refractivity contribution is -0.716. The minimum absolute atomic E-state index is 0.00458. The van der Waals surface area contributed by atoms with Gasteiger partial charge in [-0.25, -0.2) is 0 Å². The Balaban J connectivity index is 4.04. The van der Waals surface area contributed by atoms with Crippen molar-refractivity contribution in [3.8, 4) is 0 Å². The molecule has 0 atom stereocenters. The molecule has 0 aliphatic carbocycles. The van der Waals surface area contributed by atoms with E-state index in [9.17, 15) is 5.21 Å². The Bertz CT molecular complexity index is 148. The summed E-state index contributed by atoms with van der Waals surface area (Å²) >= 11 is 0. The average Bonchev–Trinajstić information content (AvgIpc) is 2.04. The number of nitrogens with two attached hydrogens (primary N) is 1. The van der Waals surface area contributed by atoms with E-state index in [1.807, 2.05) is 13.8 Å². The Labute approximate surface area is 71.8 Å².